The average Bonchev–Trinajstić information content (AvgIpc) is 2.39. The first kappa shape index (κ1) is 12.5. The molecule has 7 heteroatoms. The lowest BCUT2D eigenvalue weighted by atomic mass is 9.85. The van der Waals surface area contributed by atoms with Gasteiger partial charge in [0.05, 0.1) is 30.0 Å². The zero-order chi connectivity index (χ0) is 13.9. The van der Waals surface area contributed by atoms with Crippen molar-refractivity contribution in [2.45, 2.75) is 25.2 Å². The minimum absolute atomic E-state index is 0.0225. The van der Waals surface area contributed by atoms with Crippen LogP contribution in [0.2, 0.25) is 0 Å². The largest absolute Gasteiger partial charge is 0.476 e. The smallest absolute Gasteiger partial charge is 0.356 e. The van der Waals surface area contributed by atoms with E-state index in [4.69, 9.17) is 0 Å². The predicted octanol–water partition coefficient (Wildman–Crippen LogP) is 1.98. The fraction of sp³-hybridized carbons (Fsp3) is 0.308. The van der Waals surface area contributed by atoms with Crippen LogP contribution >= 0.6 is 0 Å². The van der Waals surface area contributed by atoms with E-state index in [1.807, 2.05) is 0 Å². The summed E-state index contributed by atoms with van der Waals surface area (Å²) in [6.45, 7) is 0. The molecule has 2 N–H and O–H groups in total. The summed E-state index contributed by atoms with van der Waals surface area (Å²) in [4.78, 5) is 27.5. The summed E-state index contributed by atoms with van der Waals surface area (Å²) < 4.78 is 0. The van der Waals surface area contributed by atoms with Crippen molar-refractivity contribution in [2.24, 2.45) is 0 Å². The molecular weight excluding hydrogens is 258 g/mol. The van der Waals surface area contributed by atoms with Gasteiger partial charge in [-0.1, -0.05) is 6.42 Å². The Morgan fingerprint density at radius 2 is 2.00 bits per heavy atom. The number of aromatic nitrogens is 4. The topological polar surface area (TPSA) is 101 Å². The summed E-state index contributed by atoms with van der Waals surface area (Å²) in [7, 11) is 0. The number of nitrogens with one attached hydrogen (secondary N) is 1. The van der Waals surface area contributed by atoms with E-state index in [1.165, 1.54) is 12.5 Å². The second-order valence-electron chi connectivity index (χ2n) is 4.68. The molecule has 1 fully saturated rings. The first-order valence-electron chi connectivity index (χ1n) is 6.36. The van der Waals surface area contributed by atoms with Crippen LogP contribution < -0.4 is 5.32 Å². The minimum atomic E-state index is -1.08. The maximum absolute atomic E-state index is 11.3. The summed E-state index contributed by atoms with van der Waals surface area (Å²) in [5.41, 5.74) is 0.913. The molecule has 1 aliphatic carbocycles. The third kappa shape index (κ3) is 2.42. The van der Waals surface area contributed by atoms with Crippen molar-refractivity contribution >= 4 is 17.3 Å². The highest BCUT2D eigenvalue weighted by atomic mass is 16.4. The fourth-order valence-corrected chi connectivity index (χ4v) is 2.03. The second kappa shape index (κ2) is 5.20. The zero-order valence-electron chi connectivity index (χ0n) is 10.7. The van der Waals surface area contributed by atoms with Gasteiger partial charge in [0.1, 0.15) is 12.2 Å². The van der Waals surface area contributed by atoms with E-state index >= 15 is 0 Å². The van der Waals surface area contributed by atoms with E-state index in [1.54, 1.807) is 12.4 Å². The third-order valence-electron chi connectivity index (χ3n) is 3.32. The summed E-state index contributed by atoms with van der Waals surface area (Å²) in [5, 5.41) is 12.2. The SMILES string of the molecule is O=C(O)c1nc(C2CCC2)ncc1Nc1cncnc1. The average molecular weight is 271 g/mol. The highest BCUT2D eigenvalue weighted by molar-refractivity contribution is 5.92. The van der Waals surface area contributed by atoms with Crippen LogP contribution in [0.15, 0.2) is 24.9 Å². The molecule has 0 saturated heterocycles. The number of carboxylic acids is 1. The maximum atomic E-state index is 11.3. The Bertz CT molecular complexity index is 628. The molecule has 0 atom stereocenters. The van der Waals surface area contributed by atoms with Gasteiger partial charge in [-0.2, -0.15) is 0 Å². The molecule has 0 aromatic carbocycles. The second-order valence-corrected chi connectivity index (χ2v) is 4.68. The number of hydrogen-bond donors (Lipinski definition) is 2. The van der Waals surface area contributed by atoms with Gasteiger partial charge in [-0.05, 0) is 12.8 Å². The van der Waals surface area contributed by atoms with E-state index in [2.05, 4.69) is 25.3 Å². The monoisotopic (exact) mass is 271 g/mol. The summed E-state index contributed by atoms with van der Waals surface area (Å²) in [6, 6.07) is 0. The van der Waals surface area contributed by atoms with Gasteiger partial charge in [-0.15, -0.1) is 0 Å². The minimum Gasteiger partial charge on any atom is -0.476 e. The number of anilines is 2. The molecule has 2 aromatic rings. The standard InChI is InChI=1S/C13H13N5O2/c19-13(20)11-10(17-9-4-14-7-15-5-9)6-16-12(18-11)8-2-1-3-8/h4-8,17H,1-3H2,(H,19,20). The van der Waals surface area contributed by atoms with Gasteiger partial charge in [0.15, 0.2) is 5.69 Å². The molecule has 0 bridgehead atoms. The van der Waals surface area contributed by atoms with Gasteiger partial charge in [0.2, 0.25) is 0 Å². The Labute approximate surface area is 115 Å². The molecule has 102 valence electrons. The van der Waals surface area contributed by atoms with E-state index < -0.39 is 5.97 Å². The van der Waals surface area contributed by atoms with Crippen molar-refractivity contribution in [3.63, 3.8) is 0 Å². The molecule has 3 rings (SSSR count). The molecular formula is C13H13N5O2. The van der Waals surface area contributed by atoms with Crippen LogP contribution in [-0.4, -0.2) is 31.0 Å². The third-order valence-corrected chi connectivity index (χ3v) is 3.32. The van der Waals surface area contributed by atoms with Gasteiger partial charge >= 0.3 is 5.97 Å². The lowest BCUT2D eigenvalue weighted by Gasteiger charge is -2.24. The molecule has 0 aliphatic heterocycles. The molecule has 7 nitrogen and oxygen atoms in total. The Morgan fingerprint density at radius 1 is 1.25 bits per heavy atom. The van der Waals surface area contributed by atoms with Crippen LogP contribution in [0.25, 0.3) is 0 Å². The quantitative estimate of drug-likeness (QED) is 0.876. The highest BCUT2D eigenvalue weighted by Gasteiger charge is 2.24. The van der Waals surface area contributed by atoms with Gasteiger partial charge in [-0.25, -0.2) is 24.7 Å². The lowest BCUT2D eigenvalue weighted by molar-refractivity contribution is 0.0691. The number of carboxylic acid groups (broad SMARTS) is 1. The van der Waals surface area contributed by atoms with Gasteiger partial charge < -0.3 is 10.4 Å². The Balaban J connectivity index is 1.91. The van der Waals surface area contributed by atoms with Crippen LogP contribution in [-0.2, 0) is 0 Å². The fourth-order valence-electron chi connectivity index (χ4n) is 2.03. The first-order valence-corrected chi connectivity index (χ1v) is 6.36. The van der Waals surface area contributed by atoms with Gasteiger partial charge in [-0.3, -0.25) is 0 Å². The van der Waals surface area contributed by atoms with Gasteiger partial charge in [0.25, 0.3) is 0 Å². The molecule has 0 unspecified atom stereocenters. The zero-order valence-corrected chi connectivity index (χ0v) is 10.7. The van der Waals surface area contributed by atoms with E-state index in [0.29, 0.717) is 23.1 Å². The van der Waals surface area contributed by atoms with Crippen LogP contribution in [0.5, 0.6) is 0 Å². The molecule has 1 aliphatic rings. The van der Waals surface area contributed by atoms with Crippen molar-refractivity contribution in [1.29, 1.82) is 0 Å². The summed E-state index contributed by atoms with van der Waals surface area (Å²) in [6.07, 6.45) is 9.22. The normalized spacial score (nSPS) is 14.6. The van der Waals surface area contributed by atoms with E-state index in [0.717, 1.165) is 19.3 Å². The lowest BCUT2D eigenvalue weighted by Crippen LogP contribution is -2.16. The number of carbonyl (C=O) groups is 1. The molecule has 0 spiro atoms. The van der Waals surface area contributed by atoms with Crippen LogP contribution in [0.4, 0.5) is 11.4 Å². The Kier molecular flexibility index (Phi) is 3.24. The van der Waals surface area contributed by atoms with Crippen molar-refractivity contribution in [3.8, 4) is 0 Å². The maximum Gasteiger partial charge on any atom is 0.356 e. The van der Waals surface area contributed by atoms with Gasteiger partial charge in [0, 0.05) is 5.92 Å². The molecule has 0 radical (unpaired) electrons. The van der Waals surface area contributed by atoms with Crippen LogP contribution in [0, 0.1) is 0 Å². The van der Waals surface area contributed by atoms with Crippen molar-refractivity contribution in [2.75, 3.05) is 5.32 Å². The predicted molar refractivity (Wildman–Crippen MR) is 70.9 cm³/mol. The van der Waals surface area contributed by atoms with E-state index in [9.17, 15) is 9.90 Å². The number of rotatable bonds is 4. The Hall–Kier alpha value is -2.57. The number of aromatic carboxylic acids is 1. The van der Waals surface area contributed by atoms with Crippen LogP contribution in [0.3, 0.4) is 0 Å². The number of hydrogen-bond acceptors (Lipinski definition) is 6. The summed E-state index contributed by atoms with van der Waals surface area (Å²) in [5.74, 6) is -0.168. The highest BCUT2D eigenvalue weighted by Crippen LogP contribution is 2.34. The molecule has 2 aromatic heterocycles. The Morgan fingerprint density at radius 3 is 2.60 bits per heavy atom. The number of nitrogens with zero attached hydrogens (tertiary/aromatic N) is 4. The molecule has 20 heavy (non-hydrogen) atoms. The van der Waals surface area contributed by atoms with Crippen molar-refractivity contribution in [3.05, 3.63) is 36.4 Å². The van der Waals surface area contributed by atoms with E-state index in [-0.39, 0.29) is 5.69 Å². The molecule has 0 amide bonds. The first-order chi connectivity index (χ1) is 9.74. The van der Waals surface area contributed by atoms with Crippen LogP contribution in [0.1, 0.15) is 41.5 Å². The van der Waals surface area contributed by atoms with Crippen molar-refractivity contribution < 1.29 is 9.90 Å². The molecule has 2 heterocycles. The summed E-state index contributed by atoms with van der Waals surface area (Å²) >= 11 is 0. The van der Waals surface area contributed by atoms with Crippen molar-refractivity contribution in [1.82, 2.24) is 19.9 Å². The molecule has 1 saturated carbocycles.